The Bertz CT molecular complexity index is 281. The second-order valence-corrected chi connectivity index (χ2v) is 7.39. The van der Waals surface area contributed by atoms with Crippen LogP contribution in [0.15, 0.2) is 0 Å². The largest absolute Gasteiger partial charge is 0.317 e. The van der Waals surface area contributed by atoms with Crippen molar-refractivity contribution in [3.8, 4) is 0 Å². The van der Waals surface area contributed by atoms with Gasteiger partial charge in [-0.15, -0.1) is 0 Å². The summed E-state index contributed by atoms with van der Waals surface area (Å²) >= 11 is 0. The smallest absolute Gasteiger partial charge is 0.147 e. The molecule has 96 valence electrons. The van der Waals surface area contributed by atoms with Crippen molar-refractivity contribution in [3.63, 3.8) is 0 Å². The van der Waals surface area contributed by atoms with Crippen LogP contribution in [-0.4, -0.2) is 33.5 Å². The minimum atomic E-state index is -2.81. The van der Waals surface area contributed by atoms with Crippen LogP contribution in [0.1, 0.15) is 44.9 Å². The molecule has 1 rings (SSSR count). The number of rotatable bonds is 7. The number of hydrogen-bond donors (Lipinski definition) is 1. The van der Waals surface area contributed by atoms with Crippen LogP contribution in [0.25, 0.3) is 0 Å². The lowest BCUT2D eigenvalue weighted by molar-refractivity contribution is 0.413. The molecule has 3 nitrogen and oxygen atoms in total. The third-order valence-corrected chi connectivity index (χ3v) is 4.62. The second-order valence-electron chi connectivity index (χ2n) is 5.13. The highest BCUT2D eigenvalue weighted by atomic mass is 32.2. The van der Waals surface area contributed by atoms with Crippen LogP contribution in [0.3, 0.4) is 0 Å². The highest BCUT2D eigenvalue weighted by molar-refractivity contribution is 7.90. The average molecular weight is 247 g/mol. The van der Waals surface area contributed by atoms with E-state index in [0.717, 1.165) is 18.8 Å². The zero-order chi connectivity index (χ0) is 12.0. The van der Waals surface area contributed by atoms with Gasteiger partial charge < -0.3 is 5.32 Å². The first-order valence-electron chi connectivity index (χ1n) is 6.36. The molecule has 0 aromatic carbocycles. The molecule has 0 bridgehead atoms. The van der Waals surface area contributed by atoms with Crippen molar-refractivity contribution in [2.45, 2.75) is 51.0 Å². The lowest BCUT2D eigenvalue weighted by Gasteiger charge is -2.17. The van der Waals surface area contributed by atoms with Crippen LogP contribution >= 0.6 is 0 Å². The van der Waals surface area contributed by atoms with Gasteiger partial charge in [-0.1, -0.05) is 25.7 Å². The Balaban J connectivity index is 2.20. The summed E-state index contributed by atoms with van der Waals surface area (Å²) in [5.41, 5.74) is 0. The predicted octanol–water partition coefficient (Wildman–Crippen LogP) is 1.98. The van der Waals surface area contributed by atoms with E-state index in [9.17, 15) is 8.42 Å². The van der Waals surface area contributed by atoms with Crippen LogP contribution < -0.4 is 5.32 Å². The minimum absolute atomic E-state index is 0.309. The van der Waals surface area contributed by atoms with E-state index in [4.69, 9.17) is 0 Å². The van der Waals surface area contributed by atoms with Gasteiger partial charge in [0.15, 0.2) is 0 Å². The first kappa shape index (κ1) is 14.0. The standard InChI is InChI=1S/C12H25NO2S/c1-13-12(9-10-16(2,14)15)8-7-11-5-3-4-6-11/h11-13H,3-10H2,1-2H3. The third-order valence-electron chi connectivity index (χ3n) is 3.64. The molecule has 4 heteroatoms. The van der Waals surface area contributed by atoms with Crippen LogP contribution in [0.4, 0.5) is 0 Å². The van der Waals surface area contributed by atoms with Gasteiger partial charge in [-0.3, -0.25) is 0 Å². The molecular weight excluding hydrogens is 222 g/mol. The van der Waals surface area contributed by atoms with Gasteiger partial charge in [-0.2, -0.15) is 0 Å². The average Bonchev–Trinajstić information content (AvgIpc) is 2.69. The number of sulfone groups is 1. The van der Waals surface area contributed by atoms with E-state index in [1.165, 1.54) is 38.4 Å². The molecule has 0 amide bonds. The first-order valence-corrected chi connectivity index (χ1v) is 8.42. The summed E-state index contributed by atoms with van der Waals surface area (Å²) in [4.78, 5) is 0. The van der Waals surface area contributed by atoms with Gasteiger partial charge in [0.2, 0.25) is 0 Å². The second kappa shape index (κ2) is 6.60. The zero-order valence-corrected chi connectivity index (χ0v) is 11.4. The van der Waals surface area contributed by atoms with Crippen LogP contribution in [-0.2, 0) is 9.84 Å². The summed E-state index contributed by atoms with van der Waals surface area (Å²) in [6.07, 6.45) is 9.98. The van der Waals surface area contributed by atoms with Gasteiger partial charge in [-0.25, -0.2) is 8.42 Å². The van der Waals surface area contributed by atoms with E-state index < -0.39 is 9.84 Å². The molecule has 1 aliphatic carbocycles. The molecular formula is C12H25NO2S. The topological polar surface area (TPSA) is 46.2 Å². The fourth-order valence-corrected chi connectivity index (χ4v) is 3.24. The molecule has 1 aliphatic rings. The van der Waals surface area contributed by atoms with Crippen LogP contribution in [0.5, 0.6) is 0 Å². The van der Waals surface area contributed by atoms with Gasteiger partial charge in [0, 0.05) is 12.3 Å². The van der Waals surface area contributed by atoms with Gasteiger partial charge in [-0.05, 0) is 32.2 Å². The van der Waals surface area contributed by atoms with Crippen molar-refractivity contribution < 1.29 is 8.42 Å². The molecule has 1 saturated carbocycles. The summed E-state index contributed by atoms with van der Waals surface area (Å²) in [6.45, 7) is 0. The van der Waals surface area contributed by atoms with E-state index in [2.05, 4.69) is 5.32 Å². The van der Waals surface area contributed by atoms with Gasteiger partial charge in [0.05, 0.1) is 5.75 Å². The molecule has 0 spiro atoms. The van der Waals surface area contributed by atoms with Gasteiger partial charge in [0.1, 0.15) is 9.84 Å². The van der Waals surface area contributed by atoms with E-state index in [0.29, 0.717) is 11.8 Å². The Morgan fingerprint density at radius 2 is 1.88 bits per heavy atom. The summed E-state index contributed by atoms with van der Waals surface area (Å²) in [7, 11) is -0.874. The monoisotopic (exact) mass is 247 g/mol. The number of nitrogens with one attached hydrogen (secondary N) is 1. The molecule has 1 atom stereocenters. The van der Waals surface area contributed by atoms with Crippen molar-refractivity contribution in [2.24, 2.45) is 5.92 Å². The van der Waals surface area contributed by atoms with E-state index in [1.807, 2.05) is 7.05 Å². The Labute approximate surface area is 99.9 Å². The lowest BCUT2D eigenvalue weighted by Crippen LogP contribution is -2.28. The Morgan fingerprint density at radius 1 is 1.25 bits per heavy atom. The normalized spacial score (nSPS) is 20.1. The fraction of sp³-hybridized carbons (Fsp3) is 1.00. The fourth-order valence-electron chi connectivity index (χ4n) is 2.53. The van der Waals surface area contributed by atoms with Gasteiger partial charge in [0.25, 0.3) is 0 Å². The SMILES string of the molecule is CNC(CCC1CCCC1)CCS(C)(=O)=O. The van der Waals surface area contributed by atoms with Crippen molar-refractivity contribution in [3.05, 3.63) is 0 Å². The molecule has 0 aromatic heterocycles. The Hall–Kier alpha value is -0.0900. The van der Waals surface area contributed by atoms with Crippen molar-refractivity contribution in [1.82, 2.24) is 5.32 Å². The summed E-state index contributed by atoms with van der Waals surface area (Å²) < 4.78 is 22.2. The van der Waals surface area contributed by atoms with Crippen molar-refractivity contribution in [2.75, 3.05) is 19.1 Å². The number of hydrogen-bond acceptors (Lipinski definition) is 3. The molecule has 0 heterocycles. The van der Waals surface area contributed by atoms with Crippen LogP contribution in [0, 0.1) is 5.92 Å². The maximum absolute atomic E-state index is 11.1. The molecule has 0 aliphatic heterocycles. The molecule has 1 N–H and O–H groups in total. The quantitative estimate of drug-likeness (QED) is 0.748. The van der Waals surface area contributed by atoms with E-state index in [1.54, 1.807) is 0 Å². The Morgan fingerprint density at radius 3 is 2.38 bits per heavy atom. The molecule has 0 radical (unpaired) electrons. The third kappa shape index (κ3) is 5.85. The maximum atomic E-state index is 11.1. The summed E-state index contributed by atoms with van der Waals surface area (Å²) in [5.74, 6) is 1.21. The zero-order valence-electron chi connectivity index (χ0n) is 10.5. The van der Waals surface area contributed by atoms with E-state index in [-0.39, 0.29) is 0 Å². The van der Waals surface area contributed by atoms with Crippen molar-refractivity contribution in [1.29, 1.82) is 0 Å². The van der Waals surface area contributed by atoms with Crippen LogP contribution in [0.2, 0.25) is 0 Å². The van der Waals surface area contributed by atoms with E-state index >= 15 is 0 Å². The predicted molar refractivity (Wildman–Crippen MR) is 68.4 cm³/mol. The summed E-state index contributed by atoms with van der Waals surface area (Å²) in [6, 6.07) is 0.371. The molecule has 1 fully saturated rings. The minimum Gasteiger partial charge on any atom is -0.317 e. The molecule has 1 unspecified atom stereocenters. The molecule has 0 aromatic rings. The first-order chi connectivity index (χ1) is 7.51. The van der Waals surface area contributed by atoms with Gasteiger partial charge >= 0.3 is 0 Å². The Kier molecular flexibility index (Phi) is 5.76. The maximum Gasteiger partial charge on any atom is 0.147 e. The molecule has 16 heavy (non-hydrogen) atoms. The highest BCUT2D eigenvalue weighted by Crippen LogP contribution is 2.29. The summed E-state index contributed by atoms with van der Waals surface area (Å²) in [5, 5.41) is 3.23. The van der Waals surface area contributed by atoms with Crippen molar-refractivity contribution >= 4 is 9.84 Å². The highest BCUT2D eigenvalue weighted by Gasteiger charge is 2.17. The molecule has 0 saturated heterocycles. The lowest BCUT2D eigenvalue weighted by atomic mass is 9.97.